The molecule has 0 bridgehead atoms. The fourth-order valence-electron chi connectivity index (χ4n) is 3.98. The number of amides is 1. The van der Waals surface area contributed by atoms with Crippen LogP contribution in [0.5, 0.6) is 0 Å². The number of aryl methyl sites for hydroxylation is 1. The predicted octanol–water partition coefficient (Wildman–Crippen LogP) is 2.71. The first kappa shape index (κ1) is 17.2. The van der Waals surface area contributed by atoms with Crippen LogP contribution in [0, 0.1) is 0 Å². The summed E-state index contributed by atoms with van der Waals surface area (Å²) in [5.41, 5.74) is 1.27. The highest BCUT2D eigenvalue weighted by molar-refractivity contribution is 5.93. The Morgan fingerprint density at radius 3 is 2.67 bits per heavy atom. The number of nitrogens with one attached hydrogen (secondary N) is 1. The molecule has 130 valence electrons. The zero-order valence-electron chi connectivity index (χ0n) is 14.5. The lowest BCUT2D eigenvalue weighted by molar-refractivity contribution is -0.138. The normalized spacial score (nSPS) is 26.7. The number of Topliss-reactive ketones (excluding diaryl/α,β-unsaturated/α-hetero) is 1. The summed E-state index contributed by atoms with van der Waals surface area (Å²) in [5, 5.41) is 3.37. The molecule has 1 amide bonds. The van der Waals surface area contributed by atoms with Gasteiger partial charge in [-0.05, 0) is 51.0 Å². The van der Waals surface area contributed by atoms with Crippen molar-refractivity contribution in [3.8, 4) is 0 Å². The predicted molar refractivity (Wildman–Crippen MR) is 94.7 cm³/mol. The van der Waals surface area contributed by atoms with Gasteiger partial charge >= 0.3 is 0 Å². The Morgan fingerprint density at radius 2 is 1.96 bits per heavy atom. The van der Waals surface area contributed by atoms with Crippen molar-refractivity contribution >= 4 is 11.7 Å². The first-order valence-corrected chi connectivity index (χ1v) is 9.28. The zero-order valence-corrected chi connectivity index (χ0v) is 14.5. The van der Waals surface area contributed by atoms with E-state index in [0.29, 0.717) is 12.5 Å². The van der Waals surface area contributed by atoms with Crippen molar-refractivity contribution in [2.24, 2.45) is 0 Å². The van der Waals surface area contributed by atoms with Crippen LogP contribution in [-0.4, -0.2) is 41.3 Å². The second kappa shape index (κ2) is 7.93. The van der Waals surface area contributed by atoms with E-state index in [4.69, 9.17) is 0 Å². The SMILES string of the molecule is CC1CC[C@@H](C(=O)[C@@H]2CCCN2C(=O)CCCc2ccccc2)N1. The number of benzene rings is 1. The highest BCUT2D eigenvalue weighted by atomic mass is 16.2. The number of hydrogen-bond acceptors (Lipinski definition) is 3. The summed E-state index contributed by atoms with van der Waals surface area (Å²) in [6.45, 7) is 2.86. The Morgan fingerprint density at radius 1 is 1.17 bits per heavy atom. The van der Waals surface area contributed by atoms with E-state index in [0.717, 1.165) is 45.1 Å². The summed E-state index contributed by atoms with van der Waals surface area (Å²) >= 11 is 0. The van der Waals surface area contributed by atoms with Crippen LogP contribution in [0.25, 0.3) is 0 Å². The molecule has 3 atom stereocenters. The molecule has 2 saturated heterocycles. The maximum Gasteiger partial charge on any atom is 0.223 e. The van der Waals surface area contributed by atoms with Gasteiger partial charge in [-0.25, -0.2) is 0 Å². The van der Waals surface area contributed by atoms with Crippen LogP contribution in [0.2, 0.25) is 0 Å². The minimum atomic E-state index is -0.197. The smallest absolute Gasteiger partial charge is 0.223 e. The van der Waals surface area contributed by atoms with Gasteiger partial charge in [-0.3, -0.25) is 9.59 Å². The third-order valence-corrected chi connectivity index (χ3v) is 5.32. The van der Waals surface area contributed by atoms with Crippen molar-refractivity contribution in [2.45, 2.75) is 70.0 Å². The molecule has 1 aromatic rings. The molecule has 4 heteroatoms. The molecule has 2 aliphatic heterocycles. The maximum absolute atomic E-state index is 12.7. The molecule has 1 N–H and O–H groups in total. The molecule has 0 spiro atoms. The van der Waals surface area contributed by atoms with Crippen molar-refractivity contribution in [1.82, 2.24) is 10.2 Å². The lowest BCUT2D eigenvalue weighted by atomic mass is 10.0. The molecule has 0 radical (unpaired) electrons. The zero-order chi connectivity index (χ0) is 16.9. The molecule has 1 unspecified atom stereocenters. The van der Waals surface area contributed by atoms with Crippen LogP contribution in [0.3, 0.4) is 0 Å². The van der Waals surface area contributed by atoms with E-state index in [1.165, 1.54) is 5.56 Å². The molecule has 4 nitrogen and oxygen atoms in total. The largest absolute Gasteiger partial charge is 0.333 e. The minimum absolute atomic E-state index is 0.0530. The Bertz CT molecular complexity index is 572. The quantitative estimate of drug-likeness (QED) is 0.873. The molecule has 3 rings (SSSR count). The maximum atomic E-state index is 12.7. The third-order valence-electron chi connectivity index (χ3n) is 5.32. The van der Waals surface area contributed by atoms with Crippen LogP contribution in [0.15, 0.2) is 30.3 Å². The van der Waals surface area contributed by atoms with E-state index in [-0.39, 0.29) is 23.8 Å². The molecular formula is C20H28N2O2. The summed E-state index contributed by atoms with van der Waals surface area (Å²) in [4.78, 5) is 27.2. The first-order chi connectivity index (χ1) is 11.6. The van der Waals surface area contributed by atoms with Gasteiger partial charge in [0.1, 0.15) is 0 Å². The molecule has 2 fully saturated rings. The van der Waals surface area contributed by atoms with E-state index in [9.17, 15) is 9.59 Å². The Labute approximate surface area is 144 Å². The van der Waals surface area contributed by atoms with Crippen molar-refractivity contribution in [1.29, 1.82) is 0 Å². The van der Waals surface area contributed by atoms with Gasteiger partial charge in [-0.15, -0.1) is 0 Å². The van der Waals surface area contributed by atoms with Crippen molar-refractivity contribution in [3.05, 3.63) is 35.9 Å². The van der Waals surface area contributed by atoms with Gasteiger partial charge in [0.25, 0.3) is 0 Å². The molecule has 2 aliphatic rings. The van der Waals surface area contributed by atoms with Crippen LogP contribution in [0.1, 0.15) is 51.0 Å². The van der Waals surface area contributed by atoms with E-state index in [1.54, 1.807) is 0 Å². The molecular weight excluding hydrogens is 300 g/mol. The summed E-state index contributed by atoms with van der Waals surface area (Å²) in [6.07, 6.45) is 6.03. The average Bonchev–Trinajstić information content (AvgIpc) is 3.24. The Hall–Kier alpha value is -1.68. The lowest BCUT2D eigenvalue weighted by Gasteiger charge is -2.26. The fourth-order valence-corrected chi connectivity index (χ4v) is 3.98. The highest BCUT2D eigenvalue weighted by Crippen LogP contribution is 2.24. The number of rotatable bonds is 6. The van der Waals surface area contributed by atoms with Crippen molar-refractivity contribution in [3.63, 3.8) is 0 Å². The summed E-state index contributed by atoms with van der Waals surface area (Å²) in [7, 11) is 0. The number of carbonyl (C=O) groups excluding carboxylic acids is 2. The summed E-state index contributed by atoms with van der Waals surface area (Å²) < 4.78 is 0. The number of carbonyl (C=O) groups is 2. The standard InChI is InChI=1S/C20H28N2O2/c1-15-12-13-17(21-15)20(24)18-10-6-14-22(18)19(23)11-5-9-16-7-3-2-4-8-16/h2-4,7-8,15,17-18,21H,5-6,9-14H2,1H3/t15?,17-,18-/m0/s1. The number of ketones is 1. The number of nitrogens with zero attached hydrogens (tertiary/aromatic N) is 1. The average molecular weight is 328 g/mol. The summed E-state index contributed by atoms with van der Waals surface area (Å²) in [5.74, 6) is 0.376. The van der Waals surface area contributed by atoms with Crippen molar-refractivity contribution < 1.29 is 9.59 Å². The van der Waals surface area contributed by atoms with Gasteiger partial charge in [-0.2, -0.15) is 0 Å². The highest BCUT2D eigenvalue weighted by Gasteiger charge is 2.38. The van der Waals surface area contributed by atoms with E-state index < -0.39 is 0 Å². The van der Waals surface area contributed by atoms with Crippen LogP contribution >= 0.6 is 0 Å². The van der Waals surface area contributed by atoms with Gasteiger partial charge in [0.2, 0.25) is 5.91 Å². The van der Waals surface area contributed by atoms with Crippen molar-refractivity contribution in [2.75, 3.05) is 6.54 Å². The first-order valence-electron chi connectivity index (χ1n) is 9.28. The van der Waals surface area contributed by atoms with E-state index in [2.05, 4.69) is 24.4 Å². The number of hydrogen-bond donors (Lipinski definition) is 1. The van der Waals surface area contributed by atoms with Gasteiger partial charge in [0.05, 0.1) is 12.1 Å². The van der Waals surface area contributed by atoms with E-state index in [1.807, 2.05) is 23.1 Å². The molecule has 0 aromatic heterocycles. The molecule has 0 saturated carbocycles. The van der Waals surface area contributed by atoms with Crippen LogP contribution < -0.4 is 5.32 Å². The lowest BCUT2D eigenvalue weighted by Crippen LogP contribution is -2.48. The van der Waals surface area contributed by atoms with Gasteiger partial charge < -0.3 is 10.2 Å². The Balaban J connectivity index is 1.51. The Kier molecular flexibility index (Phi) is 5.67. The van der Waals surface area contributed by atoms with Crippen LogP contribution in [-0.2, 0) is 16.0 Å². The van der Waals surface area contributed by atoms with Gasteiger partial charge in [0.15, 0.2) is 5.78 Å². The molecule has 1 aromatic carbocycles. The van der Waals surface area contributed by atoms with E-state index >= 15 is 0 Å². The van der Waals surface area contributed by atoms with Crippen LogP contribution in [0.4, 0.5) is 0 Å². The topological polar surface area (TPSA) is 49.4 Å². The second-order valence-electron chi connectivity index (χ2n) is 7.18. The number of likely N-dealkylation sites (tertiary alicyclic amines) is 1. The summed E-state index contributed by atoms with van der Waals surface area (Å²) in [6, 6.07) is 10.4. The third kappa shape index (κ3) is 4.04. The fraction of sp³-hybridized carbons (Fsp3) is 0.600. The molecule has 24 heavy (non-hydrogen) atoms. The van der Waals surface area contributed by atoms with Gasteiger partial charge in [-0.1, -0.05) is 30.3 Å². The molecule has 0 aliphatic carbocycles. The molecule has 2 heterocycles. The minimum Gasteiger partial charge on any atom is -0.333 e. The van der Waals surface area contributed by atoms with Gasteiger partial charge in [0, 0.05) is 19.0 Å². The second-order valence-corrected chi connectivity index (χ2v) is 7.18. The monoisotopic (exact) mass is 328 g/mol.